The van der Waals surface area contributed by atoms with Crippen LogP contribution < -0.4 is 24.8 Å². The minimum atomic E-state index is -0.758. The fourth-order valence-corrected chi connectivity index (χ4v) is 3.86. The van der Waals surface area contributed by atoms with E-state index in [2.05, 4.69) is 15.6 Å². The topological polar surface area (TPSA) is 98.8 Å². The van der Waals surface area contributed by atoms with Crippen LogP contribution in [-0.4, -0.2) is 44.2 Å². The number of benzene rings is 2. The van der Waals surface area contributed by atoms with Crippen LogP contribution in [-0.2, 0) is 4.79 Å². The SMILES string of the molecule is COc1cc(OC)cc(C(=O)N[C@@H](C(=O)Nc2nc3ccc(OC)cc3s2)C(C)C)c1. The van der Waals surface area contributed by atoms with Gasteiger partial charge >= 0.3 is 0 Å². The Hall–Kier alpha value is -3.33. The Morgan fingerprint density at radius 2 is 1.58 bits per heavy atom. The molecule has 0 bridgehead atoms. The number of hydrogen-bond donors (Lipinski definition) is 2. The lowest BCUT2D eigenvalue weighted by Gasteiger charge is -2.21. The highest BCUT2D eigenvalue weighted by molar-refractivity contribution is 7.22. The van der Waals surface area contributed by atoms with E-state index in [1.807, 2.05) is 32.0 Å². The van der Waals surface area contributed by atoms with Crippen molar-refractivity contribution in [3.63, 3.8) is 0 Å². The molecule has 3 rings (SSSR count). The number of thiazole rings is 1. The van der Waals surface area contributed by atoms with Crippen molar-refractivity contribution in [3.05, 3.63) is 42.0 Å². The molecule has 31 heavy (non-hydrogen) atoms. The van der Waals surface area contributed by atoms with Crippen LogP contribution in [0.25, 0.3) is 10.2 Å². The molecular formula is C22H25N3O5S. The maximum atomic E-state index is 12.9. The second kappa shape index (κ2) is 9.65. The minimum absolute atomic E-state index is 0.147. The number of rotatable bonds is 8. The van der Waals surface area contributed by atoms with E-state index in [-0.39, 0.29) is 11.8 Å². The molecule has 0 fully saturated rings. The van der Waals surface area contributed by atoms with Crippen LogP contribution in [0.3, 0.4) is 0 Å². The van der Waals surface area contributed by atoms with Crippen LogP contribution in [0.5, 0.6) is 17.2 Å². The molecule has 0 saturated carbocycles. The minimum Gasteiger partial charge on any atom is -0.497 e. The molecular weight excluding hydrogens is 418 g/mol. The van der Waals surface area contributed by atoms with Gasteiger partial charge in [0.1, 0.15) is 23.3 Å². The second-order valence-electron chi connectivity index (χ2n) is 7.14. The molecule has 0 spiro atoms. The lowest BCUT2D eigenvalue weighted by Crippen LogP contribution is -2.47. The van der Waals surface area contributed by atoms with Gasteiger partial charge in [0.2, 0.25) is 5.91 Å². The molecule has 1 atom stereocenters. The molecule has 0 radical (unpaired) electrons. The fraction of sp³-hybridized carbons (Fsp3) is 0.318. The summed E-state index contributed by atoms with van der Waals surface area (Å²) >= 11 is 1.34. The molecule has 0 saturated heterocycles. The first kappa shape index (κ1) is 22.4. The van der Waals surface area contributed by atoms with Crippen molar-refractivity contribution >= 4 is 38.5 Å². The van der Waals surface area contributed by atoms with Crippen molar-refractivity contribution in [2.75, 3.05) is 26.6 Å². The van der Waals surface area contributed by atoms with Gasteiger partial charge < -0.3 is 24.8 Å². The number of anilines is 1. The van der Waals surface area contributed by atoms with Crippen molar-refractivity contribution in [2.45, 2.75) is 19.9 Å². The summed E-state index contributed by atoms with van der Waals surface area (Å²) in [5.74, 6) is 0.796. The predicted octanol–water partition coefficient (Wildman–Crippen LogP) is 3.72. The van der Waals surface area contributed by atoms with Gasteiger partial charge in [-0.3, -0.25) is 9.59 Å². The van der Waals surface area contributed by atoms with E-state index in [0.717, 1.165) is 16.0 Å². The molecule has 0 aliphatic carbocycles. The summed E-state index contributed by atoms with van der Waals surface area (Å²) in [6.45, 7) is 3.72. The highest BCUT2D eigenvalue weighted by Gasteiger charge is 2.26. The first-order valence-electron chi connectivity index (χ1n) is 9.64. The molecule has 0 unspecified atom stereocenters. The van der Waals surface area contributed by atoms with E-state index in [1.54, 1.807) is 25.3 Å². The normalized spacial score (nSPS) is 11.8. The molecule has 2 amide bonds. The van der Waals surface area contributed by atoms with E-state index in [4.69, 9.17) is 14.2 Å². The Labute approximate surface area is 184 Å². The molecule has 1 heterocycles. The summed E-state index contributed by atoms with van der Waals surface area (Å²) in [6.07, 6.45) is 0. The summed E-state index contributed by atoms with van der Waals surface area (Å²) in [6, 6.07) is 9.60. The number of nitrogens with zero attached hydrogens (tertiary/aromatic N) is 1. The van der Waals surface area contributed by atoms with Gasteiger partial charge in [0, 0.05) is 11.6 Å². The highest BCUT2D eigenvalue weighted by Crippen LogP contribution is 2.29. The van der Waals surface area contributed by atoms with Crippen LogP contribution in [0.15, 0.2) is 36.4 Å². The first-order chi connectivity index (χ1) is 14.8. The van der Waals surface area contributed by atoms with Crippen LogP contribution >= 0.6 is 11.3 Å². The molecule has 1 aromatic heterocycles. The van der Waals surface area contributed by atoms with Crippen molar-refractivity contribution in [1.29, 1.82) is 0 Å². The van der Waals surface area contributed by atoms with E-state index >= 15 is 0 Å². The van der Waals surface area contributed by atoms with Gasteiger partial charge in [-0.25, -0.2) is 4.98 Å². The quantitative estimate of drug-likeness (QED) is 0.551. The largest absolute Gasteiger partial charge is 0.497 e. The lowest BCUT2D eigenvalue weighted by molar-refractivity contribution is -0.118. The average molecular weight is 444 g/mol. The van der Waals surface area contributed by atoms with Gasteiger partial charge in [0.15, 0.2) is 5.13 Å². The molecule has 3 aromatic rings. The Bertz CT molecular complexity index is 1070. The summed E-state index contributed by atoms with van der Waals surface area (Å²) in [5, 5.41) is 6.07. The fourth-order valence-electron chi connectivity index (χ4n) is 2.97. The van der Waals surface area contributed by atoms with Gasteiger partial charge in [-0.1, -0.05) is 25.2 Å². The van der Waals surface area contributed by atoms with Crippen molar-refractivity contribution in [2.24, 2.45) is 5.92 Å². The number of nitrogens with one attached hydrogen (secondary N) is 2. The molecule has 164 valence electrons. The Kier molecular flexibility index (Phi) is 6.96. The molecule has 0 aliphatic heterocycles. The Morgan fingerprint density at radius 3 is 2.16 bits per heavy atom. The van der Waals surface area contributed by atoms with Crippen LogP contribution in [0.4, 0.5) is 5.13 Å². The summed E-state index contributed by atoms with van der Waals surface area (Å²) in [5.41, 5.74) is 1.09. The van der Waals surface area contributed by atoms with Crippen molar-refractivity contribution in [1.82, 2.24) is 10.3 Å². The summed E-state index contributed by atoms with van der Waals surface area (Å²) in [4.78, 5) is 30.2. The number of carbonyl (C=O) groups excluding carboxylic acids is 2. The number of hydrogen-bond acceptors (Lipinski definition) is 7. The third-order valence-corrected chi connectivity index (χ3v) is 5.61. The van der Waals surface area contributed by atoms with E-state index in [0.29, 0.717) is 22.2 Å². The third kappa shape index (κ3) is 5.24. The molecule has 9 heteroatoms. The summed E-state index contributed by atoms with van der Waals surface area (Å²) < 4.78 is 16.6. The van der Waals surface area contributed by atoms with Gasteiger partial charge in [-0.05, 0) is 36.2 Å². The van der Waals surface area contributed by atoms with Crippen LogP contribution in [0, 0.1) is 5.92 Å². The van der Waals surface area contributed by atoms with Crippen LogP contribution in [0.1, 0.15) is 24.2 Å². The standard InChI is InChI=1S/C22H25N3O5S/c1-12(2)19(24-20(26)13-8-15(29-4)10-16(9-13)30-5)21(27)25-22-23-17-7-6-14(28-3)11-18(17)31-22/h6-12,19H,1-5H3,(H,24,26)(H,23,25,27)/t19-/m1/s1. The Morgan fingerprint density at radius 1 is 0.935 bits per heavy atom. The van der Waals surface area contributed by atoms with Gasteiger partial charge in [-0.2, -0.15) is 0 Å². The first-order valence-corrected chi connectivity index (χ1v) is 10.5. The van der Waals surface area contributed by atoms with Gasteiger partial charge in [0.25, 0.3) is 5.91 Å². The zero-order valence-electron chi connectivity index (χ0n) is 18.0. The smallest absolute Gasteiger partial charge is 0.252 e. The molecule has 8 nitrogen and oxygen atoms in total. The zero-order chi connectivity index (χ0) is 22.5. The number of fused-ring (bicyclic) bond motifs is 1. The number of carbonyl (C=O) groups is 2. The number of methoxy groups -OCH3 is 3. The molecule has 2 aromatic carbocycles. The third-order valence-electron chi connectivity index (χ3n) is 4.68. The van der Waals surface area contributed by atoms with E-state index < -0.39 is 11.9 Å². The number of ether oxygens (including phenoxy) is 3. The Balaban J connectivity index is 1.77. The summed E-state index contributed by atoms with van der Waals surface area (Å²) in [7, 11) is 4.61. The highest BCUT2D eigenvalue weighted by atomic mass is 32.1. The molecule has 2 N–H and O–H groups in total. The van der Waals surface area contributed by atoms with Crippen molar-refractivity contribution < 1.29 is 23.8 Å². The number of aromatic nitrogens is 1. The van der Waals surface area contributed by atoms with Gasteiger partial charge in [-0.15, -0.1) is 0 Å². The lowest BCUT2D eigenvalue weighted by atomic mass is 10.0. The van der Waals surface area contributed by atoms with E-state index in [1.165, 1.54) is 25.6 Å². The van der Waals surface area contributed by atoms with Crippen LogP contribution in [0.2, 0.25) is 0 Å². The number of amides is 2. The molecule has 0 aliphatic rings. The second-order valence-corrected chi connectivity index (χ2v) is 8.17. The monoisotopic (exact) mass is 443 g/mol. The maximum absolute atomic E-state index is 12.9. The average Bonchev–Trinajstić information content (AvgIpc) is 3.17. The van der Waals surface area contributed by atoms with E-state index in [9.17, 15) is 9.59 Å². The van der Waals surface area contributed by atoms with Gasteiger partial charge in [0.05, 0.1) is 31.5 Å². The zero-order valence-corrected chi connectivity index (χ0v) is 18.8. The maximum Gasteiger partial charge on any atom is 0.252 e. The van der Waals surface area contributed by atoms with Crippen molar-refractivity contribution in [3.8, 4) is 17.2 Å². The predicted molar refractivity (Wildman–Crippen MR) is 120 cm³/mol.